The predicted molar refractivity (Wildman–Crippen MR) is 179 cm³/mol. The number of carbonyl (C=O) groups excluding carboxylic acids is 3. The molecule has 16 heteroatoms. The maximum absolute atomic E-state index is 14.1. The molecule has 0 saturated carbocycles. The molecule has 1 aromatic heterocycles. The fraction of sp³-hybridized carbons (Fsp3) is 0.364. The zero-order valence-electron chi connectivity index (χ0n) is 26.3. The summed E-state index contributed by atoms with van der Waals surface area (Å²) < 4.78 is 48.2. The minimum Gasteiger partial charge on any atom is -0.464 e. The first-order valence-corrected chi connectivity index (χ1v) is 17.7. The summed E-state index contributed by atoms with van der Waals surface area (Å²) in [5.41, 5.74) is 1.20. The number of ether oxygens (including phenoxy) is 1. The Morgan fingerprint density at radius 3 is 2.47 bits per heavy atom. The summed E-state index contributed by atoms with van der Waals surface area (Å²) in [6.45, 7) is 2.13. The molecule has 2 N–H and O–H groups in total. The van der Waals surface area contributed by atoms with Gasteiger partial charge in [0, 0.05) is 50.2 Å². The molecule has 2 saturated heterocycles. The van der Waals surface area contributed by atoms with E-state index in [4.69, 9.17) is 27.9 Å². The molecule has 0 aliphatic carbocycles. The number of hydrogen-bond acceptors (Lipinski definition) is 9. The molecular weight excluding hydrogens is 698 g/mol. The van der Waals surface area contributed by atoms with Gasteiger partial charge in [0.1, 0.15) is 18.3 Å². The highest BCUT2D eigenvalue weighted by Gasteiger charge is 2.47. The number of alkyl halides is 1. The second-order valence-corrected chi connectivity index (χ2v) is 14.4. The zero-order valence-corrected chi connectivity index (χ0v) is 28.6. The molecule has 2 amide bonds. The number of nitrogens with zero attached hydrogens (tertiary/aromatic N) is 4. The van der Waals surface area contributed by atoms with Gasteiger partial charge in [0.15, 0.2) is 0 Å². The van der Waals surface area contributed by atoms with Gasteiger partial charge in [0.25, 0.3) is 5.91 Å². The van der Waals surface area contributed by atoms with Gasteiger partial charge in [0.05, 0.1) is 38.7 Å². The van der Waals surface area contributed by atoms with Crippen molar-refractivity contribution in [3.63, 3.8) is 0 Å². The third-order valence-corrected chi connectivity index (χ3v) is 10.8. The van der Waals surface area contributed by atoms with Crippen molar-refractivity contribution in [3.05, 3.63) is 87.7 Å². The minimum atomic E-state index is -4.28. The Morgan fingerprint density at radius 1 is 1.12 bits per heavy atom. The molecule has 2 aromatic carbocycles. The van der Waals surface area contributed by atoms with Crippen LogP contribution in [0.2, 0.25) is 10.0 Å². The number of esters is 1. The van der Waals surface area contributed by atoms with E-state index in [0.717, 1.165) is 4.31 Å². The van der Waals surface area contributed by atoms with E-state index in [0.29, 0.717) is 24.2 Å². The van der Waals surface area contributed by atoms with Gasteiger partial charge < -0.3 is 15.4 Å². The highest BCUT2D eigenvalue weighted by Crippen LogP contribution is 2.32. The zero-order chi connectivity index (χ0) is 35.3. The molecule has 2 fully saturated rings. The maximum Gasteiger partial charge on any atom is 0.328 e. The number of carbonyl (C=O) groups is 3. The Morgan fingerprint density at radius 2 is 1.84 bits per heavy atom. The Labute approximate surface area is 293 Å². The lowest BCUT2D eigenvalue weighted by molar-refractivity contribution is -0.147. The van der Waals surface area contributed by atoms with Crippen LogP contribution in [-0.4, -0.2) is 90.9 Å². The van der Waals surface area contributed by atoms with Crippen LogP contribution in [0.1, 0.15) is 41.3 Å². The standard InChI is InChI=1S/C33H33Cl2FN6O6S/c1-2-48-33(45)28(13-20-6-8-23(9-7-20)39-32(44)30-26(34)16-38-17-27(30)35)40-31(43)29-14-24(41-11-10-22(36)18-41)19-42(29)49(46,47)25-5-3-4-21(12-25)15-37/h3-9,12,16-17,22,24,28-29H,2,10-11,13-14,18-19H2,1H3,(H,39,44)(H,40,43)/t22-,24-,28+,29?/m1/s1. The number of nitrogens with one attached hydrogen (secondary N) is 2. The number of rotatable bonds is 11. The number of amides is 2. The smallest absolute Gasteiger partial charge is 0.328 e. The van der Waals surface area contributed by atoms with Crippen LogP contribution in [0.4, 0.5) is 10.1 Å². The number of aromatic nitrogens is 1. The van der Waals surface area contributed by atoms with Gasteiger partial charge in [-0.05, 0) is 55.7 Å². The van der Waals surface area contributed by atoms with E-state index >= 15 is 0 Å². The monoisotopic (exact) mass is 730 g/mol. The van der Waals surface area contributed by atoms with Crippen LogP contribution in [-0.2, 0) is 30.8 Å². The lowest BCUT2D eigenvalue weighted by Crippen LogP contribution is -2.51. The van der Waals surface area contributed by atoms with E-state index in [2.05, 4.69) is 15.6 Å². The van der Waals surface area contributed by atoms with Crippen molar-refractivity contribution < 1.29 is 31.9 Å². The van der Waals surface area contributed by atoms with Gasteiger partial charge >= 0.3 is 5.97 Å². The molecule has 49 heavy (non-hydrogen) atoms. The molecule has 3 heterocycles. The van der Waals surface area contributed by atoms with Crippen molar-refractivity contribution >= 4 is 56.7 Å². The van der Waals surface area contributed by atoms with Crippen LogP contribution in [0.5, 0.6) is 0 Å². The number of anilines is 1. The molecule has 4 atom stereocenters. The van der Waals surface area contributed by atoms with Crippen molar-refractivity contribution in [1.29, 1.82) is 5.26 Å². The van der Waals surface area contributed by atoms with Crippen LogP contribution in [0.3, 0.4) is 0 Å². The number of hydrogen-bond donors (Lipinski definition) is 2. The molecule has 0 spiro atoms. The first-order chi connectivity index (χ1) is 23.4. The largest absolute Gasteiger partial charge is 0.464 e. The SMILES string of the molecule is CCOC(=O)[C@H](Cc1ccc(NC(=O)c2c(Cl)cncc2Cl)cc1)NC(=O)C1C[C@@H](N2CC[C@@H](F)C2)CN1S(=O)(=O)c1cccc(C#N)c1. The molecule has 3 aromatic rings. The van der Waals surface area contributed by atoms with Crippen molar-refractivity contribution in [2.45, 2.75) is 55.4 Å². The molecule has 2 aliphatic rings. The van der Waals surface area contributed by atoms with Crippen LogP contribution >= 0.6 is 23.2 Å². The summed E-state index contributed by atoms with van der Waals surface area (Å²) in [5.74, 6) is -1.99. The van der Waals surface area contributed by atoms with E-state index in [1.54, 1.807) is 31.2 Å². The van der Waals surface area contributed by atoms with Crippen molar-refractivity contribution in [2.75, 3.05) is 31.6 Å². The molecule has 1 unspecified atom stereocenters. The average molecular weight is 732 g/mol. The number of benzene rings is 2. The molecular formula is C33H33Cl2FN6O6S. The second-order valence-electron chi connectivity index (χ2n) is 11.6. The van der Waals surface area contributed by atoms with Gasteiger partial charge in [-0.1, -0.05) is 41.4 Å². The Balaban J connectivity index is 1.35. The molecule has 258 valence electrons. The third kappa shape index (κ3) is 8.37. The highest BCUT2D eigenvalue weighted by molar-refractivity contribution is 7.89. The number of pyridine rings is 1. The van der Waals surface area contributed by atoms with Crippen molar-refractivity contribution in [2.24, 2.45) is 0 Å². The second kappa shape index (κ2) is 15.6. The van der Waals surface area contributed by atoms with E-state index in [-0.39, 0.29) is 58.6 Å². The highest BCUT2D eigenvalue weighted by atomic mass is 35.5. The average Bonchev–Trinajstić information content (AvgIpc) is 3.73. The van der Waals surface area contributed by atoms with Gasteiger partial charge in [0.2, 0.25) is 15.9 Å². The summed E-state index contributed by atoms with van der Waals surface area (Å²) >= 11 is 12.2. The summed E-state index contributed by atoms with van der Waals surface area (Å²) in [6, 6.07) is 11.1. The van der Waals surface area contributed by atoms with E-state index in [1.165, 1.54) is 36.7 Å². The van der Waals surface area contributed by atoms with Crippen LogP contribution in [0, 0.1) is 11.3 Å². The molecule has 0 radical (unpaired) electrons. The van der Waals surface area contributed by atoms with Gasteiger partial charge in [-0.2, -0.15) is 9.57 Å². The van der Waals surface area contributed by atoms with Gasteiger partial charge in [-0.25, -0.2) is 17.6 Å². The van der Waals surface area contributed by atoms with Crippen LogP contribution in [0.15, 0.2) is 65.8 Å². The first-order valence-electron chi connectivity index (χ1n) is 15.5. The van der Waals surface area contributed by atoms with Gasteiger partial charge in [-0.3, -0.25) is 19.5 Å². The minimum absolute atomic E-state index is 0.0103. The lowest BCUT2D eigenvalue weighted by atomic mass is 10.0. The predicted octanol–water partition coefficient (Wildman–Crippen LogP) is 3.98. The van der Waals surface area contributed by atoms with E-state index in [1.807, 2.05) is 11.0 Å². The van der Waals surface area contributed by atoms with Gasteiger partial charge in [-0.15, -0.1) is 0 Å². The van der Waals surface area contributed by atoms with Crippen LogP contribution < -0.4 is 10.6 Å². The normalized spacial score (nSPS) is 20.3. The fourth-order valence-corrected chi connectivity index (χ4v) is 8.19. The fourth-order valence-electron chi connectivity index (χ4n) is 5.97. The molecule has 0 bridgehead atoms. The quantitative estimate of drug-likeness (QED) is 0.278. The number of sulfonamides is 1. The summed E-state index contributed by atoms with van der Waals surface area (Å²) in [6.07, 6.45) is 1.92. The Hall–Kier alpha value is -4.13. The topological polar surface area (TPSA) is 162 Å². The number of nitriles is 1. The summed E-state index contributed by atoms with van der Waals surface area (Å²) in [7, 11) is -4.28. The maximum atomic E-state index is 14.1. The third-order valence-electron chi connectivity index (χ3n) is 8.40. The van der Waals surface area contributed by atoms with E-state index in [9.17, 15) is 32.5 Å². The van der Waals surface area contributed by atoms with Crippen LogP contribution in [0.25, 0.3) is 0 Å². The van der Waals surface area contributed by atoms with Crippen molar-refractivity contribution in [1.82, 2.24) is 19.5 Å². The number of likely N-dealkylation sites (tertiary alicyclic amines) is 1. The lowest BCUT2D eigenvalue weighted by Gasteiger charge is -2.25. The molecule has 2 aliphatic heterocycles. The molecule has 5 rings (SSSR count). The summed E-state index contributed by atoms with van der Waals surface area (Å²) in [5, 5.41) is 14.9. The van der Waals surface area contributed by atoms with Crippen molar-refractivity contribution in [3.8, 4) is 6.07 Å². The Kier molecular flexibility index (Phi) is 11.5. The summed E-state index contributed by atoms with van der Waals surface area (Å²) in [4.78, 5) is 45.3. The first kappa shape index (κ1) is 36.2. The Bertz CT molecular complexity index is 1860. The van der Waals surface area contributed by atoms with E-state index < -0.39 is 52.1 Å². The number of halogens is 3. The molecule has 12 nitrogen and oxygen atoms in total.